The van der Waals surface area contributed by atoms with Gasteiger partial charge in [-0.15, -0.1) is 11.8 Å². The van der Waals surface area contributed by atoms with E-state index >= 15 is 4.39 Å². The number of hydrogen-bond acceptors (Lipinski definition) is 13. The standard InChI is InChI=1S/C52H72F2N8O10S/c1-52(2,3)49(45-30-39(41-31-40(53)11-12-42(41)54)34-61(45)33-38-9-5-4-6-10-38)62(20-7-16-59-50(66)43(32-46(56)63)60-47(64)29-37-13-18-57-19-14-37)48(65)36-73-35-44(51(67)68)58-17-8-21-69-23-25-71-27-28-72-26-24-70-22-15-55/h4-6,9-14,18-19,30-31,34,43-44,49,58H,7-8,15-17,20-29,32-33,35-36,55H2,1-3H3,(H2,56,63)(H,59,66)(H,60,64)(H,67,68). The van der Waals surface area contributed by atoms with Gasteiger partial charge in [-0.3, -0.25) is 29.0 Å². The number of amides is 4. The van der Waals surface area contributed by atoms with E-state index in [1.165, 1.54) is 12.4 Å². The molecule has 2 aromatic heterocycles. The van der Waals surface area contributed by atoms with Crippen molar-refractivity contribution >= 4 is 41.4 Å². The van der Waals surface area contributed by atoms with Crippen LogP contribution in [0.2, 0.25) is 0 Å². The number of aromatic nitrogens is 2. The van der Waals surface area contributed by atoms with E-state index in [9.17, 15) is 33.5 Å². The van der Waals surface area contributed by atoms with Crippen LogP contribution in [0.5, 0.6) is 0 Å². The van der Waals surface area contributed by atoms with Crippen LogP contribution in [0, 0.1) is 17.0 Å². The monoisotopic (exact) mass is 1040 g/mol. The Balaban J connectivity index is 1.48. The van der Waals surface area contributed by atoms with Crippen molar-refractivity contribution in [2.75, 3.05) is 90.5 Å². The fourth-order valence-corrected chi connectivity index (χ4v) is 8.75. The molecule has 4 aromatic rings. The summed E-state index contributed by atoms with van der Waals surface area (Å²) in [4.78, 5) is 71.1. The molecule has 0 aliphatic rings. The normalized spacial score (nSPS) is 12.7. The molecule has 3 unspecified atom stereocenters. The van der Waals surface area contributed by atoms with Crippen LogP contribution in [-0.4, -0.2) is 152 Å². The average Bonchev–Trinajstić information content (AvgIpc) is 3.75. The maximum atomic E-state index is 15.4. The highest BCUT2D eigenvalue weighted by atomic mass is 32.2. The van der Waals surface area contributed by atoms with E-state index in [-0.39, 0.29) is 48.9 Å². The van der Waals surface area contributed by atoms with Gasteiger partial charge in [-0.05, 0) is 72.3 Å². The largest absolute Gasteiger partial charge is 0.480 e. The number of hydrogen-bond donors (Lipinski definition) is 6. The molecule has 0 saturated carbocycles. The molecule has 21 heteroatoms. The summed E-state index contributed by atoms with van der Waals surface area (Å²) in [6, 6.07) is 14.9. The van der Waals surface area contributed by atoms with Gasteiger partial charge >= 0.3 is 5.97 Å². The average molecular weight is 1040 g/mol. The minimum atomic E-state index is -1.26. The summed E-state index contributed by atoms with van der Waals surface area (Å²) in [5, 5.41) is 18.5. The van der Waals surface area contributed by atoms with Gasteiger partial charge in [0.25, 0.3) is 0 Å². The van der Waals surface area contributed by atoms with Crippen LogP contribution in [0.3, 0.4) is 0 Å². The predicted molar refractivity (Wildman–Crippen MR) is 274 cm³/mol. The minimum Gasteiger partial charge on any atom is -0.480 e. The fraction of sp³-hybridized carbons (Fsp3) is 0.500. The number of primary amides is 1. The second-order valence-electron chi connectivity index (χ2n) is 18.2. The van der Waals surface area contributed by atoms with E-state index in [1.54, 1.807) is 29.3 Å². The van der Waals surface area contributed by atoms with Crippen molar-refractivity contribution in [1.82, 2.24) is 30.4 Å². The number of nitrogens with one attached hydrogen (secondary N) is 3. The van der Waals surface area contributed by atoms with E-state index in [0.29, 0.717) is 95.7 Å². The van der Waals surface area contributed by atoms with Gasteiger partial charge in [-0.1, -0.05) is 51.1 Å². The number of carbonyl (C=O) groups is 5. The van der Waals surface area contributed by atoms with Crippen molar-refractivity contribution in [3.63, 3.8) is 0 Å². The number of halogens is 2. The number of benzene rings is 2. The zero-order valence-corrected chi connectivity index (χ0v) is 42.8. The number of ether oxygens (including phenoxy) is 4. The molecule has 0 aliphatic heterocycles. The number of thioether (sulfide) groups is 1. The Hall–Kier alpha value is -5.81. The zero-order chi connectivity index (χ0) is 53.0. The Morgan fingerprint density at radius 3 is 2.11 bits per heavy atom. The first-order chi connectivity index (χ1) is 35.1. The van der Waals surface area contributed by atoms with E-state index in [0.717, 1.165) is 35.5 Å². The summed E-state index contributed by atoms with van der Waals surface area (Å²) in [6.45, 7) is 10.5. The highest BCUT2D eigenvalue weighted by Gasteiger charge is 2.37. The topological polar surface area (TPSA) is 252 Å². The Morgan fingerprint density at radius 1 is 0.822 bits per heavy atom. The number of nitrogens with two attached hydrogens (primary N) is 2. The molecule has 0 saturated heterocycles. The van der Waals surface area contributed by atoms with E-state index in [4.69, 9.17) is 30.4 Å². The third kappa shape index (κ3) is 22.1. The molecule has 2 aromatic carbocycles. The van der Waals surface area contributed by atoms with Gasteiger partial charge in [-0.25, -0.2) is 8.78 Å². The van der Waals surface area contributed by atoms with Crippen molar-refractivity contribution < 1.29 is 56.8 Å². The van der Waals surface area contributed by atoms with Gasteiger partial charge in [0.1, 0.15) is 23.7 Å². The van der Waals surface area contributed by atoms with Crippen molar-refractivity contribution in [2.24, 2.45) is 16.9 Å². The second-order valence-corrected chi connectivity index (χ2v) is 19.2. The maximum absolute atomic E-state index is 15.4. The third-order valence-electron chi connectivity index (χ3n) is 11.2. The van der Waals surface area contributed by atoms with Crippen molar-refractivity contribution in [2.45, 2.75) is 71.1 Å². The quantitative estimate of drug-likeness (QED) is 0.0351. The van der Waals surface area contributed by atoms with Crippen molar-refractivity contribution in [1.29, 1.82) is 0 Å². The lowest BCUT2D eigenvalue weighted by Gasteiger charge is -2.41. The Kier molecular flexibility index (Phi) is 26.5. The number of rotatable bonds is 36. The summed E-state index contributed by atoms with van der Waals surface area (Å²) < 4.78 is 53.8. The van der Waals surface area contributed by atoms with Crippen LogP contribution in [0.1, 0.15) is 62.9 Å². The lowest BCUT2D eigenvalue weighted by atomic mass is 9.83. The molecule has 0 aliphatic carbocycles. The summed E-state index contributed by atoms with van der Waals surface area (Å²) in [5.74, 6) is -4.66. The molecule has 4 amide bonds. The van der Waals surface area contributed by atoms with Gasteiger partial charge in [-0.2, -0.15) is 0 Å². The summed E-state index contributed by atoms with van der Waals surface area (Å²) in [7, 11) is 0. The van der Waals surface area contributed by atoms with Crippen LogP contribution < -0.4 is 27.4 Å². The summed E-state index contributed by atoms with van der Waals surface area (Å²) in [6.07, 6.45) is 5.03. The summed E-state index contributed by atoms with van der Waals surface area (Å²) in [5.41, 5.74) is 12.8. The van der Waals surface area contributed by atoms with Crippen LogP contribution in [0.4, 0.5) is 8.78 Å². The van der Waals surface area contributed by atoms with Crippen molar-refractivity contribution in [3.8, 4) is 11.1 Å². The SMILES string of the molecule is CC(C)(C)C(c1cc(-c2cc(F)ccc2F)cn1Cc1ccccc1)N(CCCNC(=O)C(CC(N)=O)NC(=O)Cc1ccncc1)C(=O)CSCC(NCCCOCCOCCOCCOCCN)C(=O)O. The number of pyridine rings is 1. The lowest BCUT2D eigenvalue weighted by Crippen LogP contribution is -2.49. The number of carboxylic acid groups (broad SMARTS) is 1. The molecule has 2 heterocycles. The number of nitrogens with zero attached hydrogens (tertiary/aromatic N) is 3. The highest BCUT2D eigenvalue weighted by molar-refractivity contribution is 8.00. The summed E-state index contributed by atoms with van der Waals surface area (Å²) >= 11 is 1.15. The van der Waals surface area contributed by atoms with Crippen LogP contribution in [-0.2, 0) is 55.9 Å². The minimum absolute atomic E-state index is 0.0239. The molecule has 0 bridgehead atoms. The number of carbonyl (C=O) groups excluding carboxylic acids is 4. The molecule has 73 heavy (non-hydrogen) atoms. The molecular weight excluding hydrogens is 967 g/mol. The van der Waals surface area contributed by atoms with Gasteiger partial charge in [0.15, 0.2) is 0 Å². The van der Waals surface area contributed by atoms with Crippen LogP contribution >= 0.6 is 11.8 Å². The third-order valence-corrected chi connectivity index (χ3v) is 12.2. The lowest BCUT2D eigenvalue weighted by molar-refractivity contribution is -0.139. The van der Waals surface area contributed by atoms with Gasteiger partial charge in [0, 0.05) is 74.0 Å². The molecule has 0 spiro atoms. The fourth-order valence-electron chi connectivity index (χ4n) is 7.80. The van der Waals surface area contributed by atoms with E-state index < -0.39 is 65.3 Å². The molecule has 3 atom stereocenters. The van der Waals surface area contributed by atoms with Crippen LogP contribution in [0.25, 0.3) is 11.1 Å². The Morgan fingerprint density at radius 2 is 1.48 bits per heavy atom. The van der Waals surface area contributed by atoms with Gasteiger partial charge < -0.3 is 60.9 Å². The van der Waals surface area contributed by atoms with E-state index in [2.05, 4.69) is 20.9 Å². The van der Waals surface area contributed by atoms with Gasteiger partial charge in [0.2, 0.25) is 23.6 Å². The van der Waals surface area contributed by atoms with E-state index in [1.807, 2.05) is 55.7 Å². The number of aliphatic carboxylic acids is 1. The predicted octanol–water partition coefficient (Wildman–Crippen LogP) is 4.09. The van der Waals surface area contributed by atoms with Crippen molar-refractivity contribution in [3.05, 3.63) is 114 Å². The molecule has 0 fully saturated rings. The molecule has 0 radical (unpaired) electrons. The molecule has 18 nitrogen and oxygen atoms in total. The molecule has 400 valence electrons. The molecular formula is C52H72F2N8O10S. The first-order valence-corrected chi connectivity index (χ1v) is 25.5. The highest BCUT2D eigenvalue weighted by Crippen LogP contribution is 2.41. The molecule has 8 N–H and O–H groups in total. The zero-order valence-electron chi connectivity index (χ0n) is 42.0. The first-order valence-electron chi connectivity index (χ1n) is 24.4. The Labute approximate surface area is 430 Å². The first kappa shape index (κ1) is 59.8. The Bertz CT molecular complexity index is 2310. The smallest absolute Gasteiger partial charge is 0.321 e. The second kappa shape index (κ2) is 32.4. The van der Waals surface area contributed by atoms with Gasteiger partial charge in [0.05, 0.1) is 70.9 Å². The van der Waals surface area contributed by atoms with Crippen LogP contribution in [0.15, 0.2) is 85.3 Å². The molecule has 4 rings (SSSR count). The maximum Gasteiger partial charge on any atom is 0.321 e. The number of carboxylic acids is 1.